The molecule has 0 bridgehead atoms. The molecule has 4 rings (SSSR count). The van der Waals surface area contributed by atoms with Gasteiger partial charge in [0.1, 0.15) is 0 Å². The summed E-state index contributed by atoms with van der Waals surface area (Å²) >= 11 is 22.2. The van der Waals surface area contributed by atoms with Gasteiger partial charge < -0.3 is 14.2 Å². The summed E-state index contributed by atoms with van der Waals surface area (Å²) in [6, 6.07) is 19.7. The average Bonchev–Trinajstić information content (AvgIpc) is 3.51. The van der Waals surface area contributed by atoms with Crippen LogP contribution in [0.25, 0.3) is 0 Å². The van der Waals surface area contributed by atoms with E-state index in [4.69, 9.17) is 14.2 Å². The van der Waals surface area contributed by atoms with Crippen molar-refractivity contribution in [1.29, 1.82) is 0 Å². The lowest BCUT2D eigenvalue weighted by Crippen LogP contribution is -2.47. The van der Waals surface area contributed by atoms with Crippen molar-refractivity contribution in [3.8, 4) is 0 Å². The zero-order valence-electron chi connectivity index (χ0n) is 13.4. The highest BCUT2D eigenvalue weighted by molar-refractivity contribution is 9.15. The Kier molecular flexibility index (Phi) is 5.88. The number of rotatable bonds is 6. The molecule has 0 N–H and O–H groups in total. The summed E-state index contributed by atoms with van der Waals surface area (Å²) in [4.78, 5) is 0. The van der Waals surface area contributed by atoms with Gasteiger partial charge in [-0.1, -0.05) is 92.5 Å². The number of hydrogen-bond acceptors (Lipinski definition) is 3. The fourth-order valence-corrected chi connectivity index (χ4v) is 8.00. The van der Waals surface area contributed by atoms with Crippen molar-refractivity contribution in [2.75, 3.05) is 0 Å². The fraction of sp³-hybridized carbons (Fsp3) is 0.333. The van der Waals surface area contributed by atoms with Crippen LogP contribution in [0.5, 0.6) is 0 Å². The third-order valence-electron chi connectivity index (χ3n) is 4.47. The fourth-order valence-electron chi connectivity index (χ4n) is 2.83. The maximum absolute atomic E-state index is 6.82. The summed E-state index contributed by atoms with van der Waals surface area (Å²) in [5, 5.41) is -0.466. The van der Waals surface area contributed by atoms with Crippen molar-refractivity contribution in [3.63, 3.8) is 0 Å². The molecule has 0 aromatic heterocycles. The number of epoxide rings is 2. The standard InChI is InChI=1S/C18H12Br6O3/c19-13-17(23,25-13)15(21,11-7-3-1-4-8-11)27-16(22,18(24)14(20)26-18)12-9-5-2-6-10-12/h1-10,13-14H. The van der Waals surface area contributed by atoms with Gasteiger partial charge in [-0.05, 0) is 74.8 Å². The Morgan fingerprint density at radius 3 is 1.26 bits per heavy atom. The summed E-state index contributed by atoms with van der Waals surface area (Å²) in [5.74, 6) is 0. The van der Waals surface area contributed by atoms with E-state index in [1.54, 1.807) is 0 Å². The minimum atomic E-state index is -1.03. The highest BCUT2D eigenvalue weighted by Gasteiger charge is 2.75. The highest BCUT2D eigenvalue weighted by atomic mass is 79.9. The Morgan fingerprint density at radius 1 is 0.704 bits per heavy atom. The molecule has 27 heavy (non-hydrogen) atoms. The molecule has 2 aliphatic rings. The van der Waals surface area contributed by atoms with E-state index in [0.717, 1.165) is 11.1 Å². The summed E-state index contributed by atoms with van der Waals surface area (Å²) < 4.78 is 14.8. The minimum absolute atomic E-state index is 0.233. The van der Waals surface area contributed by atoms with Crippen molar-refractivity contribution in [3.05, 3.63) is 71.8 Å². The lowest BCUT2D eigenvalue weighted by Gasteiger charge is -2.41. The molecule has 2 aromatic rings. The van der Waals surface area contributed by atoms with Crippen LogP contribution < -0.4 is 0 Å². The summed E-state index contributed by atoms with van der Waals surface area (Å²) in [6.07, 6.45) is 0. The van der Waals surface area contributed by atoms with Crippen LogP contribution in [0.1, 0.15) is 11.1 Å². The van der Waals surface area contributed by atoms with Crippen molar-refractivity contribution in [2.45, 2.75) is 28.1 Å². The van der Waals surface area contributed by atoms with Gasteiger partial charge >= 0.3 is 0 Å². The Bertz CT molecular complexity index is 772. The topological polar surface area (TPSA) is 34.3 Å². The Balaban J connectivity index is 1.83. The second-order valence-electron chi connectivity index (χ2n) is 6.18. The molecule has 2 aliphatic heterocycles. The SMILES string of the molecule is BrC1OC1(Br)C(Br)(OC(Br)(c1ccccc1)C1(Br)OC1Br)c1ccccc1. The van der Waals surface area contributed by atoms with Crippen LogP contribution in [-0.2, 0) is 23.2 Å². The molecular weight excluding hydrogens is 744 g/mol. The summed E-state index contributed by atoms with van der Waals surface area (Å²) in [6.45, 7) is 0. The van der Waals surface area contributed by atoms with Gasteiger partial charge in [-0.15, -0.1) is 0 Å². The molecule has 0 aliphatic carbocycles. The molecular formula is C18H12Br6O3. The van der Waals surface area contributed by atoms with E-state index in [2.05, 4.69) is 95.6 Å². The van der Waals surface area contributed by atoms with Crippen LogP contribution in [0.15, 0.2) is 60.7 Å². The molecule has 0 radical (unpaired) electrons. The molecule has 9 heteroatoms. The van der Waals surface area contributed by atoms with Crippen LogP contribution in [0, 0.1) is 0 Å². The van der Waals surface area contributed by atoms with Gasteiger partial charge in [-0.3, -0.25) is 0 Å². The van der Waals surface area contributed by atoms with E-state index < -0.39 is 18.0 Å². The summed E-state index contributed by atoms with van der Waals surface area (Å²) in [5.41, 5.74) is 1.79. The van der Waals surface area contributed by atoms with Crippen molar-refractivity contribution in [1.82, 2.24) is 0 Å². The van der Waals surface area contributed by atoms with Gasteiger partial charge in [0.05, 0.1) is 0 Å². The molecule has 2 saturated heterocycles. The molecule has 6 unspecified atom stereocenters. The molecule has 0 amide bonds. The third-order valence-corrected chi connectivity index (χ3v) is 13.2. The van der Waals surface area contributed by atoms with E-state index in [1.807, 2.05) is 60.7 Å². The number of ether oxygens (including phenoxy) is 3. The highest BCUT2D eigenvalue weighted by Crippen LogP contribution is 2.69. The Morgan fingerprint density at radius 2 is 1.00 bits per heavy atom. The first-order valence-corrected chi connectivity index (χ1v) is 12.9. The number of alkyl halides is 6. The second-order valence-corrected chi connectivity index (χ2v) is 12.4. The quantitative estimate of drug-likeness (QED) is 0.232. The molecule has 2 heterocycles. The van der Waals surface area contributed by atoms with Crippen LogP contribution in [0.4, 0.5) is 0 Å². The van der Waals surface area contributed by atoms with Gasteiger partial charge in [0.15, 0.2) is 19.0 Å². The zero-order valence-corrected chi connectivity index (χ0v) is 22.9. The van der Waals surface area contributed by atoms with Gasteiger partial charge in [-0.25, -0.2) is 0 Å². The lowest BCUT2D eigenvalue weighted by molar-refractivity contribution is -0.0898. The second kappa shape index (κ2) is 7.41. The molecule has 0 saturated carbocycles. The van der Waals surface area contributed by atoms with Gasteiger partial charge in [0.25, 0.3) is 0 Å². The first kappa shape index (κ1) is 21.4. The normalized spacial score (nSPS) is 36.5. The first-order chi connectivity index (χ1) is 12.7. The van der Waals surface area contributed by atoms with Crippen molar-refractivity contribution >= 4 is 95.6 Å². The minimum Gasteiger partial charge on any atom is -0.337 e. The van der Waals surface area contributed by atoms with E-state index in [9.17, 15) is 0 Å². The van der Waals surface area contributed by atoms with Crippen molar-refractivity contribution in [2.24, 2.45) is 0 Å². The molecule has 6 atom stereocenters. The van der Waals surface area contributed by atoms with Crippen LogP contribution in [0.3, 0.4) is 0 Å². The number of hydrogen-bond donors (Lipinski definition) is 0. The van der Waals surface area contributed by atoms with E-state index >= 15 is 0 Å². The average molecular weight is 756 g/mol. The zero-order chi connectivity index (χ0) is 19.5. The maximum atomic E-state index is 6.82. The van der Waals surface area contributed by atoms with Gasteiger partial charge in [-0.2, -0.15) is 0 Å². The van der Waals surface area contributed by atoms with Crippen LogP contribution >= 0.6 is 95.6 Å². The molecule has 2 fully saturated rings. The molecule has 0 spiro atoms. The van der Waals surface area contributed by atoms with E-state index in [0.29, 0.717) is 0 Å². The predicted molar refractivity (Wildman–Crippen MR) is 126 cm³/mol. The summed E-state index contributed by atoms with van der Waals surface area (Å²) in [7, 11) is 0. The lowest BCUT2D eigenvalue weighted by atomic mass is 10.0. The first-order valence-electron chi connectivity index (χ1n) is 7.88. The third kappa shape index (κ3) is 3.41. The van der Waals surface area contributed by atoms with Gasteiger partial charge in [0, 0.05) is 0 Å². The van der Waals surface area contributed by atoms with Crippen LogP contribution in [-0.4, -0.2) is 19.0 Å². The largest absolute Gasteiger partial charge is 0.337 e. The van der Waals surface area contributed by atoms with Gasteiger partial charge in [0.2, 0.25) is 9.02 Å². The monoisotopic (exact) mass is 750 g/mol. The Labute approximate surface area is 207 Å². The number of halogens is 6. The predicted octanol–water partition coefficient (Wildman–Crippen LogP) is 7.18. The Hall–Kier alpha value is 1.20. The van der Waals surface area contributed by atoms with Crippen molar-refractivity contribution < 1.29 is 14.2 Å². The molecule has 144 valence electrons. The van der Waals surface area contributed by atoms with E-state index in [-0.39, 0.29) is 10.0 Å². The smallest absolute Gasteiger partial charge is 0.203 e. The van der Waals surface area contributed by atoms with Crippen LogP contribution in [0.2, 0.25) is 0 Å². The number of benzene rings is 2. The molecule has 3 nitrogen and oxygen atoms in total. The van der Waals surface area contributed by atoms with E-state index in [1.165, 1.54) is 0 Å². The molecule has 2 aromatic carbocycles. The maximum Gasteiger partial charge on any atom is 0.203 e.